The first kappa shape index (κ1) is 16.8. The second kappa shape index (κ2) is 6.48. The molecule has 1 saturated heterocycles. The zero-order valence-corrected chi connectivity index (χ0v) is 13.8. The number of allylic oxidation sites excluding steroid dienone is 1. The first-order valence-electron chi connectivity index (χ1n) is 8.03. The Morgan fingerprint density at radius 2 is 1.56 bits per heavy atom. The molecule has 2 aromatic carbocycles. The molecule has 4 heteroatoms. The molecular formula is C21H18O4. The molecule has 3 unspecified atom stereocenters. The SMILES string of the molecule is C=CC(c1ccccc1)C1C(=O)OC(C)(c2ccccc2)C(=O)C1=O. The largest absolute Gasteiger partial charge is 0.445 e. The van der Waals surface area contributed by atoms with Crippen molar-refractivity contribution in [1.29, 1.82) is 0 Å². The monoisotopic (exact) mass is 334 g/mol. The van der Waals surface area contributed by atoms with E-state index >= 15 is 0 Å². The summed E-state index contributed by atoms with van der Waals surface area (Å²) >= 11 is 0. The molecule has 1 heterocycles. The van der Waals surface area contributed by atoms with Crippen molar-refractivity contribution in [2.45, 2.75) is 18.4 Å². The Labute approximate surface area is 146 Å². The summed E-state index contributed by atoms with van der Waals surface area (Å²) in [6, 6.07) is 17.6. The van der Waals surface area contributed by atoms with Gasteiger partial charge in [0.25, 0.3) is 0 Å². The van der Waals surface area contributed by atoms with Crippen molar-refractivity contribution in [3.05, 3.63) is 84.4 Å². The second-order valence-corrected chi connectivity index (χ2v) is 6.16. The maximum Gasteiger partial charge on any atom is 0.319 e. The Hall–Kier alpha value is -3.01. The third-order valence-corrected chi connectivity index (χ3v) is 4.62. The van der Waals surface area contributed by atoms with E-state index in [4.69, 9.17) is 4.74 Å². The quantitative estimate of drug-likeness (QED) is 0.373. The van der Waals surface area contributed by atoms with Gasteiger partial charge in [0.2, 0.25) is 11.6 Å². The minimum Gasteiger partial charge on any atom is -0.445 e. The zero-order valence-electron chi connectivity index (χ0n) is 13.8. The third-order valence-electron chi connectivity index (χ3n) is 4.62. The van der Waals surface area contributed by atoms with Gasteiger partial charge in [-0.15, -0.1) is 6.58 Å². The molecule has 0 N–H and O–H groups in total. The van der Waals surface area contributed by atoms with Crippen LogP contribution in [0.5, 0.6) is 0 Å². The summed E-state index contributed by atoms with van der Waals surface area (Å²) in [6.07, 6.45) is 1.51. The van der Waals surface area contributed by atoms with Crippen molar-refractivity contribution in [1.82, 2.24) is 0 Å². The fraction of sp³-hybridized carbons (Fsp3) is 0.190. The lowest BCUT2D eigenvalue weighted by atomic mass is 9.75. The fourth-order valence-corrected chi connectivity index (χ4v) is 3.19. The molecule has 0 bridgehead atoms. The second-order valence-electron chi connectivity index (χ2n) is 6.16. The van der Waals surface area contributed by atoms with Crippen molar-refractivity contribution in [3.8, 4) is 0 Å². The van der Waals surface area contributed by atoms with Gasteiger partial charge in [0.15, 0.2) is 5.60 Å². The number of esters is 1. The van der Waals surface area contributed by atoms with E-state index < -0.39 is 35.0 Å². The molecule has 1 aliphatic rings. The number of hydrogen-bond acceptors (Lipinski definition) is 4. The van der Waals surface area contributed by atoms with Crippen LogP contribution in [0, 0.1) is 5.92 Å². The molecule has 1 aliphatic heterocycles. The van der Waals surface area contributed by atoms with Crippen LogP contribution in [0.15, 0.2) is 73.3 Å². The summed E-state index contributed by atoms with van der Waals surface area (Å²) < 4.78 is 5.50. The molecule has 3 atom stereocenters. The Morgan fingerprint density at radius 1 is 1.00 bits per heavy atom. The third kappa shape index (κ3) is 2.80. The van der Waals surface area contributed by atoms with E-state index in [0.29, 0.717) is 5.56 Å². The van der Waals surface area contributed by atoms with Crippen LogP contribution in [0.3, 0.4) is 0 Å². The van der Waals surface area contributed by atoms with Gasteiger partial charge in [0, 0.05) is 11.5 Å². The van der Waals surface area contributed by atoms with Gasteiger partial charge in [-0.05, 0) is 12.5 Å². The first-order valence-corrected chi connectivity index (χ1v) is 8.03. The van der Waals surface area contributed by atoms with E-state index in [1.807, 2.05) is 6.07 Å². The van der Waals surface area contributed by atoms with E-state index in [2.05, 4.69) is 6.58 Å². The van der Waals surface area contributed by atoms with Crippen molar-refractivity contribution in [2.24, 2.45) is 5.92 Å². The van der Waals surface area contributed by atoms with Gasteiger partial charge in [-0.1, -0.05) is 66.7 Å². The van der Waals surface area contributed by atoms with Crippen LogP contribution in [0.25, 0.3) is 0 Å². The predicted octanol–water partition coefficient (Wildman–Crippen LogP) is 3.18. The van der Waals surface area contributed by atoms with Crippen molar-refractivity contribution < 1.29 is 19.1 Å². The number of benzene rings is 2. The van der Waals surface area contributed by atoms with E-state index in [1.165, 1.54) is 13.0 Å². The van der Waals surface area contributed by atoms with Crippen LogP contribution in [0.1, 0.15) is 24.0 Å². The number of carbonyl (C=O) groups excluding carboxylic acids is 3. The van der Waals surface area contributed by atoms with Crippen molar-refractivity contribution in [2.75, 3.05) is 0 Å². The summed E-state index contributed by atoms with van der Waals surface area (Å²) in [7, 11) is 0. The van der Waals surface area contributed by atoms with Crippen LogP contribution in [0.2, 0.25) is 0 Å². The topological polar surface area (TPSA) is 60.4 Å². The number of hydrogen-bond donors (Lipinski definition) is 0. The van der Waals surface area contributed by atoms with Gasteiger partial charge >= 0.3 is 5.97 Å². The minimum atomic E-state index is -1.59. The molecule has 2 aromatic rings. The molecular weight excluding hydrogens is 316 g/mol. The normalized spacial score (nSPS) is 24.5. The Morgan fingerprint density at radius 3 is 2.12 bits per heavy atom. The molecule has 3 rings (SSSR count). The lowest BCUT2D eigenvalue weighted by Gasteiger charge is -2.36. The van der Waals surface area contributed by atoms with E-state index in [9.17, 15) is 14.4 Å². The average molecular weight is 334 g/mol. The standard InChI is InChI=1S/C21H18O4/c1-3-16(14-10-6-4-7-11-14)17-18(22)19(23)21(2,25-20(17)24)15-12-8-5-9-13-15/h3-13,16-17H,1H2,2H3. The summed E-state index contributed by atoms with van der Waals surface area (Å²) in [4.78, 5) is 38.3. The predicted molar refractivity (Wildman–Crippen MR) is 92.8 cm³/mol. The van der Waals surface area contributed by atoms with Crippen LogP contribution in [-0.2, 0) is 24.7 Å². The molecule has 25 heavy (non-hydrogen) atoms. The van der Waals surface area contributed by atoms with Gasteiger partial charge in [0.1, 0.15) is 5.92 Å². The highest BCUT2D eigenvalue weighted by Gasteiger charge is 2.54. The number of ketones is 2. The minimum absolute atomic E-state index is 0.481. The van der Waals surface area contributed by atoms with Gasteiger partial charge in [-0.25, -0.2) is 0 Å². The Kier molecular flexibility index (Phi) is 4.36. The summed E-state index contributed by atoms with van der Waals surface area (Å²) in [5.74, 6) is -3.97. The summed E-state index contributed by atoms with van der Waals surface area (Å²) in [5.41, 5.74) is -0.368. The summed E-state index contributed by atoms with van der Waals surface area (Å²) in [5, 5.41) is 0. The maximum absolute atomic E-state index is 12.8. The smallest absolute Gasteiger partial charge is 0.319 e. The summed E-state index contributed by atoms with van der Waals surface area (Å²) in [6.45, 7) is 5.19. The van der Waals surface area contributed by atoms with Gasteiger partial charge in [-0.3, -0.25) is 14.4 Å². The van der Waals surface area contributed by atoms with Crippen LogP contribution in [0.4, 0.5) is 0 Å². The molecule has 0 saturated carbocycles. The van der Waals surface area contributed by atoms with Crippen LogP contribution in [-0.4, -0.2) is 17.5 Å². The fourth-order valence-electron chi connectivity index (χ4n) is 3.19. The van der Waals surface area contributed by atoms with Crippen molar-refractivity contribution in [3.63, 3.8) is 0 Å². The highest BCUT2D eigenvalue weighted by Crippen LogP contribution is 2.38. The first-order chi connectivity index (χ1) is 12.0. The molecule has 4 nitrogen and oxygen atoms in total. The maximum atomic E-state index is 12.8. The van der Waals surface area contributed by atoms with Crippen LogP contribution < -0.4 is 0 Å². The van der Waals surface area contributed by atoms with Crippen LogP contribution >= 0.6 is 0 Å². The molecule has 0 aliphatic carbocycles. The highest BCUT2D eigenvalue weighted by atomic mass is 16.6. The Bertz CT molecular complexity index is 825. The zero-order chi connectivity index (χ0) is 18.0. The highest BCUT2D eigenvalue weighted by molar-refractivity contribution is 6.45. The van der Waals surface area contributed by atoms with Gasteiger partial charge < -0.3 is 4.74 Å². The average Bonchev–Trinajstić information content (AvgIpc) is 2.65. The molecule has 0 spiro atoms. The number of carbonyl (C=O) groups is 3. The Balaban J connectivity index is 1.99. The lowest BCUT2D eigenvalue weighted by molar-refractivity contribution is -0.182. The lowest BCUT2D eigenvalue weighted by Crippen LogP contribution is -2.53. The molecule has 126 valence electrons. The van der Waals surface area contributed by atoms with Crippen molar-refractivity contribution >= 4 is 17.5 Å². The number of Topliss-reactive ketones (excluding diaryl/α,β-unsaturated/α-hetero) is 2. The van der Waals surface area contributed by atoms with Gasteiger partial charge in [-0.2, -0.15) is 0 Å². The molecule has 0 aromatic heterocycles. The number of rotatable bonds is 4. The number of ether oxygens (including phenoxy) is 1. The van der Waals surface area contributed by atoms with Gasteiger partial charge in [0.05, 0.1) is 0 Å². The molecule has 0 amide bonds. The molecule has 1 fully saturated rings. The number of cyclic esters (lactones) is 1. The van der Waals surface area contributed by atoms with E-state index in [0.717, 1.165) is 5.56 Å². The van der Waals surface area contributed by atoms with E-state index in [-0.39, 0.29) is 0 Å². The van der Waals surface area contributed by atoms with E-state index in [1.54, 1.807) is 54.6 Å². The molecule has 0 radical (unpaired) electrons.